The first-order chi connectivity index (χ1) is 11.5. The Morgan fingerprint density at radius 3 is 2.42 bits per heavy atom. The fourth-order valence-corrected chi connectivity index (χ4v) is 2.22. The lowest BCUT2D eigenvalue weighted by Gasteiger charge is -2.08. The van der Waals surface area contributed by atoms with E-state index in [0.29, 0.717) is 23.7 Å². The second kappa shape index (κ2) is 8.36. The summed E-state index contributed by atoms with van der Waals surface area (Å²) in [4.78, 5) is 23.7. The molecule has 0 unspecified atom stereocenters. The maximum atomic E-state index is 11.9. The maximum Gasteiger partial charge on any atom is 0.313 e. The van der Waals surface area contributed by atoms with Crippen LogP contribution in [0.25, 0.3) is 0 Å². The van der Waals surface area contributed by atoms with Gasteiger partial charge in [-0.2, -0.15) is 0 Å². The SMILES string of the molecule is COc1ccc(CCNC(=O)C(=O)Nc2ccc(Cl)c(C)c2)cc1. The van der Waals surface area contributed by atoms with Crippen molar-refractivity contribution in [1.82, 2.24) is 5.32 Å². The highest BCUT2D eigenvalue weighted by atomic mass is 35.5. The van der Waals surface area contributed by atoms with E-state index in [1.54, 1.807) is 25.3 Å². The number of halogens is 1. The van der Waals surface area contributed by atoms with Gasteiger partial charge in [0.25, 0.3) is 0 Å². The van der Waals surface area contributed by atoms with E-state index >= 15 is 0 Å². The lowest BCUT2D eigenvalue weighted by Crippen LogP contribution is -2.36. The second-order valence-electron chi connectivity index (χ2n) is 5.27. The van der Waals surface area contributed by atoms with Crippen molar-refractivity contribution in [3.8, 4) is 5.75 Å². The van der Waals surface area contributed by atoms with Crippen molar-refractivity contribution in [2.24, 2.45) is 0 Å². The van der Waals surface area contributed by atoms with Gasteiger partial charge in [-0.3, -0.25) is 9.59 Å². The molecule has 0 aromatic heterocycles. The van der Waals surface area contributed by atoms with Crippen LogP contribution in [0.4, 0.5) is 5.69 Å². The van der Waals surface area contributed by atoms with Crippen LogP contribution in [0.5, 0.6) is 5.75 Å². The molecule has 0 fully saturated rings. The third-order valence-electron chi connectivity index (χ3n) is 3.48. The molecule has 24 heavy (non-hydrogen) atoms. The molecule has 0 spiro atoms. The zero-order valence-electron chi connectivity index (χ0n) is 13.6. The average Bonchev–Trinajstić information content (AvgIpc) is 2.58. The number of carbonyl (C=O) groups is 2. The Labute approximate surface area is 146 Å². The number of amides is 2. The molecular weight excluding hydrogens is 328 g/mol. The average molecular weight is 347 g/mol. The van der Waals surface area contributed by atoms with Crippen LogP contribution < -0.4 is 15.4 Å². The summed E-state index contributed by atoms with van der Waals surface area (Å²) >= 11 is 5.93. The van der Waals surface area contributed by atoms with Crippen molar-refractivity contribution < 1.29 is 14.3 Å². The molecule has 0 aliphatic carbocycles. The number of hydrogen-bond acceptors (Lipinski definition) is 3. The third-order valence-corrected chi connectivity index (χ3v) is 3.90. The lowest BCUT2D eigenvalue weighted by molar-refractivity contribution is -0.136. The number of ether oxygens (including phenoxy) is 1. The summed E-state index contributed by atoms with van der Waals surface area (Å²) in [6, 6.07) is 12.6. The standard InChI is InChI=1S/C18H19ClN2O3/c1-12-11-14(5-8-16(12)19)21-18(23)17(22)20-10-9-13-3-6-15(24-2)7-4-13/h3-8,11H,9-10H2,1-2H3,(H,20,22)(H,21,23). The quantitative estimate of drug-likeness (QED) is 0.818. The van der Waals surface area contributed by atoms with Crippen LogP contribution in [0.1, 0.15) is 11.1 Å². The van der Waals surface area contributed by atoms with Gasteiger partial charge in [-0.25, -0.2) is 0 Å². The highest BCUT2D eigenvalue weighted by Gasteiger charge is 2.13. The molecule has 2 N–H and O–H groups in total. The Bertz CT molecular complexity index is 730. The Morgan fingerprint density at radius 1 is 1.08 bits per heavy atom. The molecule has 0 saturated heterocycles. The van der Waals surface area contributed by atoms with E-state index in [1.807, 2.05) is 31.2 Å². The molecule has 6 heteroatoms. The van der Waals surface area contributed by atoms with Crippen molar-refractivity contribution in [2.45, 2.75) is 13.3 Å². The van der Waals surface area contributed by atoms with Crippen LogP contribution in [0.15, 0.2) is 42.5 Å². The number of benzene rings is 2. The number of aryl methyl sites for hydroxylation is 1. The van der Waals surface area contributed by atoms with E-state index in [4.69, 9.17) is 16.3 Å². The monoisotopic (exact) mass is 346 g/mol. The zero-order valence-corrected chi connectivity index (χ0v) is 14.3. The highest BCUT2D eigenvalue weighted by molar-refractivity contribution is 6.39. The molecule has 2 aromatic carbocycles. The summed E-state index contributed by atoms with van der Waals surface area (Å²) in [6.07, 6.45) is 0.628. The smallest absolute Gasteiger partial charge is 0.313 e. The van der Waals surface area contributed by atoms with Crippen LogP contribution in [-0.2, 0) is 16.0 Å². The van der Waals surface area contributed by atoms with Crippen molar-refractivity contribution >= 4 is 29.1 Å². The second-order valence-corrected chi connectivity index (χ2v) is 5.68. The summed E-state index contributed by atoms with van der Waals surface area (Å²) in [5.74, 6) is -0.594. The summed E-state index contributed by atoms with van der Waals surface area (Å²) in [7, 11) is 1.61. The molecule has 0 radical (unpaired) electrons. The summed E-state index contributed by atoms with van der Waals surface area (Å²) < 4.78 is 5.08. The van der Waals surface area contributed by atoms with E-state index < -0.39 is 11.8 Å². The zero-order chi connectivity index (χ0) is 17.5. The molecule has 0 aliphatic rings. The van der Waals surface area contributed by atoms with Crippen LogP contribution >= 0.6 is 11.6 Å². The van der Waals surface area contributed by atoms with E-state index in [2.05, 4.69) is 10.6 Å². The fraction of sp³-hybridized carbons (Fsp3) is 0.222. The van der Waals surface area contributed by atoms with Gasteiger partial charge in [0, 0.05) is 17.3 Å². The van der Waals surface area contributed by atoms with Crippen LogP contribution in [-0.4, -0.2) is 25.5 Å². The maximum absolute atomic E-state index is 11.9. The number of rotatable bonds is 5. The van der Waals surface area contributed by atoms with Crippen molar-refractivity contribution in [3.63, 3.8) is 0 Å². The van der Waals surface area contributed by atoms with Gasteiger partial charge < -0.3 is 15.4 Å². The van der Waals surface area contributed by atoms with Crippen LogP contribution in [0, 0.1) is 6.92 Å². The van der Waals surface area contributed by atoms with E-state index in [0.717, 1.165) is 16.9 Å². The van der Waals surface area contributed by atoms with Gasteiger partial charge in [-0.1, -0.05) is 23.7 Å². The predicted octanol–water partition coefficient (Wildman–Crippen LogP) is 2.95. The third kappa shape index (κ3) is 4.99. The number of carbonyl (C=O) groups excluding carboxylic acids is 2. The minimum absolute atomic E-state index is 0.373. The van der Waals surface area contributed by atoms with Gasteiger partial charge in [-0.05, 0) is 54.8 Å². The largest absolute Gasteiger partial charge is 0.497 e. The highest BCUT2D eigenvalue weighted by Crippen LogP contribution is 2.19. The summed E-state index contributed by atoms with van der Waals surface area (Å²) in [6.45, 7) is 2.20. The molecule has 0 aliphatic heterocycles. The Morgan fingerprint density at radius 2 is 1.79 bits per heavy atom. The predicted molar refractivity (Wildman–Crippen MR) is 94.5 cm³/mol. The number of anilines is 1. The van der Waals surface area contributed by atoms with Gasteiger partial charge in [0.2, 0.25) is 0 Å². The fourth-order valence-electron chi connectivity index (χ4n) is 2.10. The Hall–Kier alpha value is -2.53. The lowest BCUT2D eigenvalue weighted by atomic mass is 10.1. The van der Waals surface area contributed by atoms with Gasteiger partial charge in [0.1, 0.15) is 5.75 Å². The van der Waals surface area contributed by atoms with E-state index in [1.165, 1.54) is 0 Å². The first kappa shape index (κ1) is 17.8. The molecule has 0 bridgehead atoms. The first-order valence-corrected chi connectivity index (χ1v) is 7.85. The van der Waals surface area contributed by atoms with Gasteiger partial charge >= 0.3 is 11.8 Å². The van der Waals surface area contributed by atoms with Crippen molar-refractivity contribution in [3.05, 3.63) is 58.6 Å². The molecule has 5 nitrogen and oxygen atoms in total. The topological polar surface area (TPSA) is 67.4 Å². The molecule has 0 atom stereocenters. The number of nitrogens with one attached hydrogen (secondary N) is 2. The van der Waals surface area contributed by atoms with E-state index in [-0.39, 0.29) is 0 Å². The van der Waals surface area contributed by atoms with Gasteiger partial charge in [-0.15, -0.1) is 0 Å². The van der Waals surface area contributed by atoms with Gasteiger partial charge in [0.15, 0.2) is 0 Å². The van der Waals surface area contributed by atoms with Crippen molar-refractivity contribution in [1.29, 1.82) is 0 Å². The number of methoxy groups -OCH3 is 1. The Kier molecular flexibility index (Phi) is 6.21. The minimum Gasteiger partial charge on any atom is -0.497 e. The molecule has 0 heterocycles. The molecule has 0 saturated carbocycles. The molecule has 126 valence electrons. The normalized spacial score (nSPS) is 10.1. The van der Waals surface area contributed by atoms with E-state index in [9.17, 15) is 9.59 Å². The molecule has 2 aromatic rings. The summed E-state index contributed by atoms with van der Waals surface area (Å²) in [5, 5.41) is 5.75. The van der Waals surface area contributed by atoms with Crippen molar-refractivity contribution in [2.75, 3.05) is 19.0 Å². The minimum atomic E-state index is -0.702. The number of hydrogen-bond donors (Lipinski definition) is 2. The van der Waals surface area contributed by atoms with Gasteiger partial charge in [0.05, 0.1) is 7.11 Å². The van der Waals surface area contributed by atoms with Crippen LogP contribution in [0.2, 0.25) is 5.02 Å². The molecule has 2 amide bonds. The van der Waals surface area contributed by atoms with Crippen LogP contribution in [0.3, 0.4) is 0 Å². The first-order valence-electron chi connectivity index (χ1n) is 7.48. The summed E-state index contributed by atoms with van der Waals surface area (Å²) in [5.41, 5.74) is 2.41. The molecular formula is C18H19ClN2O3. The Balaban J connectivity index is 1.80. The molecule has 2 rings (SSSR count).